The Morgan fingerprint density at radius 2 is 2.11 bits per heavy atom. The van der Waals surface area contributed by atoms with E-state index in [1.807, 2.05) is 18.9 Å². The van der Waals surface area contributed by atoms with Gasteiger partial charge in [-0.25, -0.2) is 8.42 Å². The molecule has 2 aliphatic rings. The van der Waals surface area contributed by atoms with Crippen LogP contribution in [0.5, 0.6) is 0 Å². The first-order valence-corrected chi connectivity index (χ1v) is 8.61. The van der Waals surface area contributed by atoms with Gasteiger partial charge >= 0.3 is 0 Å². The Bertz CT molecular complexity index is 438. The molecule has 0 spiro atoms. The lowest BCUT2D eigenvalue weighted by molar-refractivity contribution is -0.135. The van der Waals surface area contributed by atoms with Gasteiger partial charge in [-0.1, -0.05) is 0 Å². The van der Waals surface area contributed by atoms with Crippen LogP contribution < -0.4 is 5.32 Å². The summed E-state index contributed by atoms with van der Waals surface area (Å²) in [5.74, 6) is 0.332. The van der Waals surface area contributed by atoms with E-state index in [1.54, 1.807) is 0 Å². The van der Waals surface area contributed by atoms with Crippen molar-refractivity contribution in [2.24, 2.45) is 0 Å². The van der Waals surface area contributed by atoms with Gasteiger partial charge in [0.05, 0.1) is 11.5 Å². The van der Waals surface area contributed by atoms with E-state index in [4.69, 9.17) is 0 Å². The lowest BCUT2D eigenvalue weighted by Gasteiger charge is -2.39. The Morgan fingerprint density at radius 1 is 1.37 bits per heavy atom. The maximum atomic E-state index is 12.3. The fourth-order valence-electron chi connectivity index (χ4n) is 2.84. The standard InChI is InChI=1S/C12H23N3O3S/c1-10-8-14(2)4-5-15(10)12(16)7-11-9-19(17,18)6-3-13-11/h10-11,13H,3-9H2,1-2H3. The average Bonchev–Trinajstić information content (AvgIpc) is 2.27. The van der Waals surface area contributed by atoms with E-state index in [0.717, 1.165) is 19.6 Å². The smallest absolute Gasteiger partial charge is 0.224 e. The SMILES string of the molecule is CC1CN(C)CCN1C(=O)CC1CS(=O)(=O)CCN1. The molecule has 0 aromatic carbocycles. The lowest BCUT2D eigenvalue weighted by Crippen LogP contribution is -2.55. The highest BCUT2D eigenvalue weighted by Crippen LogP contribution is 2.12. The summed E-state index contributed by atoms with van der Waals surface area (Å²) in [4.78, 5) is 16.4. The minimum Gasteiger partial charge on any atom is -0.337 e. The van der Waals surface area contributed by atoms with Gasteiger partial charge in [-0.3, -0.25) is 4.79 Å². The van der Waals surface area contributed by atoms with Crippen molar-refractivity contribution in [3.05, 3.63) is 0 Å². The molecule has 0 aromatic heterocycles. The van der Waals surface area contributed by atoms with Gasteiger partial charge in [0.25, 0.3) is 0 Å². The van der Waals surface area contributed by atoms with Gasteiger partial charge in [0.2, 0.25) is 5.91 Å². The van der Waals surface area contributed by atoms with Crippen molar-refractivity contribution in [2.75, 3.05) is 44.7 Å². The largest absolute Gasteiger partial charge is 0.337 e. The van der Waals surface area contributed by atoms with Gasteiger partial charge in [-0.05, 0) is 14.0 Å². The van der Waals surface area contributed by atoms with Crippen LogP contribution in [0.1, 0.15) is 13.3 Å². The number of rotatable bonds is 2. The average molecular weight is 289 g/mol. The van der Waals surface area contributed by atoms with Crippen LogP contribution in [0.4, 0.5) is 0 Å². The summed E-state index contributed by atoms with van der Waals surface area (Å²) in [5.41, 5.74) is 0. The lowest BCUT2D eigenvalue weighted by atomic mass is 10.1. The number of carbonyl (C=O) groups is 1. The van der Waals surface area contributed by atoms with Crippen LogP contribution >= 0.6 is 0 Å². The highest BCUT2D eigenvalue weighted by atomic mass is 32.2. The highest BCUT2D eigenvalue weighted by Gasteiger charge is 2.30. The van der Waals surface area contributed by atoms with Crippen molar-refractivity contribution >= 4 is 15.7 Å². The number of amides is 1. The van der Waals surface area contributed by atoms with Gasteiger partial charge in [0.15, 0.2) is 9.84 Å². The third kappa shape index (κ3) is 3.90. The third-order valence-corrected chi connectivity index (χ3v) is 5.61. The number of nitrogens with zero attached hydrogens (tertiary/aromatic N) is 2. The first-order valence-electron chi connectivity index (χ1n) is 6.79. The molecule has 0 aromatic rings. The van der Waals surface area contributed by atoms with Crippen molar-refractivity contribution in [1.82, 2.24) is 15.1 Å². The van der Waals surface area contributed by atoms with E-state index in [-0.39, 0.29) is 35.9 Å². The fraction of sp³-hybridized carbons (Fsp3) is 0.917. The first-order chi connectivity index (χ1) is 8.87. The number of carbonyl (C=O) groups excluding carboxylic acids is 1. The van der Waals surface area contributed by atoms with Crippen molar-refractivity contribution < 1.29 is 13.2 Å². The van der Waals surface area contributed by atoms with E-state index >= 15 is 0 Å². The second-order valence-corrected chi connectivity index (χ2v) is 7.90. The zero-order valence-corrected chi connectivity index (χ0v) is 12.4. The van der Waals surface area contributed by atoms with E-state index in [1.165, 1.54) is 0 Å². The molecule has 2 rings (SSSR count). The van der Waals surface area contributed by atoms with Crippen LogP contribution in [0.15, 0.2) is 0 Å². The van der Waals surface area contributed by atoms with E-state index in [9.17, 15) is 13.2 Å². The van der Waals surface area contributed by atoms with Crippen molar-refractivity contribution in [1.29, 1.82) is 0 Å². The molecule has 0 bridgehead atoms. The van der Waals surface area contributed by atoms with Crippen LogP contribution in [0.25, 0.3) is 0 Å². The summed E-state index contributed by atoms with van der Waals surface area (Å²) >= 11 is 0. The Kier molecular flexibility index (Phi) is 4.47. The number of likely N-dealkylation sites (N-methyl/N-ethyl adjacent to an activating group) is 1. The first kappa shape index (κ1) is 14.7. The third-order valence-electron chi connectivity index (χ3n) is 3.87. The topological polar surface area (TPSA) is 69.7 Å². The van der Waals surface area contributed by atoms with Crippen molar-refractivity contribution in [2.45, 2.75) is 25.4 Å². The molecule has 2 fully saturated rings. The molecule has 2 atom stereocenters. The summed E-state index contributed by atoms with van der Waals surface area (Å²) in [5, 5.41) is 3.13. The summed E-state index contributed by atoms with van der Waals surface area (Å²) in [7, 11) is -0.923. The molecule has 2 saturated heterocycles. The molecule has 110 valence electrons. The molecule has 2 aliphatic heterocycles. The van der Waals surface area contributed by atoms with Gasteiger partial charge in [-0.15, -0.1) is 0 Å². The molecule has 2 unspecified atom stereocenters. The van der Waals surface area contributed by atoms with Gasteiger partial charge < -0.3 is 15.1 Å². The number of piperazine rings is 1. The molecule has 2 heterocycles. The second-order valence-electron chi connectivity index (χ2n) is 5.67. The second kappa shape index (κ2) is 5.76. The van der Waals surface area contributed by atoms with Crippen LogP contribution in [0.3, 0.4) is 0 Å². The van der Waals surface area contributed by atoms with Gasteiger partial charge in [-0.2, -0.15) is 0 Å². The molecule has 0 aliphatic carbocycles. The maximum absolute atomic E-state index is 12.3. The number of hydrogen-bond donors (Lipinski definition) is 1. The molecule has 1 amide bonds. The molecule has 6 nitrogen and oxygen atoms in total. The molecule has 0 saturated carbocycles. The zero-order chi connectivity index (χ0) is 14.0. The monoisotopic (exact) mass is 289 g/mol. The summed E-state index contributed by atoms with van der Waals surface area (Å²) < 4.78 is 23.1. The molecule has 19 heavy (non-hydrogen) atoms. The Balaban J connectivity index is 1.90. The Hall–Kier alpha value is -0.660. The fourth-order valence-corrected chi connectivity index (χ4v) is 4.28. The summed E-state index contributed by atoms with van der Waals surface area (Å²) in [6.45, 7) is 4.99. The number of hydrogen-bond acceptors (Lipinski definition) is 5. The van der Waals surface area contributed by atoms with Crippen LogP contribution in [0.2, 0.25) is 0 Å². The predicted molar refractivity (Wildman–Crippen MR) is 73.7 cm³/mol. The molecular weight excluding hydrogens is 266 g/mol. The number of sulfone groups is 1. The quantitative estimate of drug-likeness (QED) is 0.701. The Morgan fingerprint density at radius 3 is 2.74 bits per heavy atom. The minimum absolute atomic E-state index is 0.0650. The van der Waals surface area contributed by atoms with Crippen molar-refractivity contribution in [3.8, 4) is 0 Å². The van der Waals surface area contributed by atoms with Crippen LogP contribution in [0, 0.1) is 0 Å². The highest BCUT2D eigenvalue weighted by molar-refractivity contribution is 7.91. The Labute approximate surface area is 115 Å². The van der Waals surface area contributed by atoms with Crippen LogP contribution in [-0.2, 0) is 14.6 Å². The minimum atomic E-state index is -2.97. The maximum Gasteiger partial charge on any atom is 0.224 e. The molecule has 7 heteroatoms. The molecular formula is C12H23N3O3S. The number of nitrogens with one attached hydrogen (secondary N) is 1. The summed E-state index contributed by atoms with van der Waals surface area (Å²) in [6.07, 6.45) is 0.285. The van der Waals surface area contributed by atoms with Crippen LogP contribution in [-0.4, -0.2) is 80.9 Å². The molecule has 1 N–H and O–H groups in total. The van der Waals surface area contributed by atoms with E-state index in [2.05, 4.69) is 10.2 Å². The van der Waals surface area contributed by atoms with E-state index in [0.29, 0.717) is 6.54 Å². The van der Waals surface area contributed by atoms with Crippen molar-refractivity contribution in [3.63, 3.8) is 0 Å². The van der Waals surface area contributed by atoms with Gasteiger partial charge in [0.1, 0.15) is 0 Å². The van der Waals surface area contributed by atoms with Gasteiger partial charge in [0, 0.05) is 44.7 Å². The normalized spacial score (nSPS) is 32.2. The summed E-state index contributed by atoms with van der Waals surface area (Å²) in [6, 6.07) is -0.0236. The zero-order valence-electron chi connectivity index (χ0n) is 11.6. The van der Waals surface area contributed by atoms with E-state index < -0.39 is 9.84 Å². The molecule has 0 radical (unpaired) electrons. The predicted octanol–water partition coefficient (Wildman–Crippen LogP) is -1.07.